The van der Waals surface area contributed by atoms with E-state index in [1.807, 2.05) is 36.9 Å². The van der Waals surface area contributed by atoms with Gasteiger partial charge in [-0.05, 0) is 30.9 Å². The van der Waals surface area contributed by atoms with Crippen LogP contribution in [0, 0.1) is 5.92 Å². The highest BCUT2D eigenvalue weighted by Gasteiger charge is 2.27. The maximum absolute atomic E-state index is 13.2. The number of hydrogen-bond acceptors (Lipinski definition) is 4. The Balaban J connectivity index is 2.61. The van der Waals surface area contributed by atoms with Crippen molar-refractivity contribution < 1.29 is 9.53 Å². The maximum atomic E-state index is 13.2. The Morgan fingerprint density at radius 1 is 1.25 bits per heavy atom. The number of benzene rings is 1. The summed E-state index contributed by atoms with van der Waals surface area (Å²) in [6.07, 6.45) is 2.05. The molecule has 0 spiro atoms. The molecule has 0 aliphatic heterocycles. The van der Waals surface area contributed by atoms with Crippen molar-refractivity contribution in [3.8, 4) is 0 Å². The first-order valence-electron chi connectivity index (χ1n) is 10.2. The van der Waals surface area contributed by atoms with Crippen molar-refractivity contribution in [3.05, 3.63) is 40.4 Å². The number of carbonyl (C=O) groups excluding carboxylic acids is 1. The SMILES string of the molecule is CCC(=O)N(CCC(C)C)C(CC)c1nc2ccccc2c(=O)n1CCOC. The number of hydrogen-bond donors (Lipinski definition) is 0. The fourth-order valence-electron chi connectivity index (χ4n) is 3.44. The highest BCUT2D eigenvalue weighted by atomic mass is 16.5. The molecule has 28 heavy (non-hydrogen) atoms. The number of carbonyl (C=O) groups is 1. The van der Waals surface area contributed by atoms with E-state index in [2.05, 4.69) is 13.8 Å². The molecule has 1 aromatic carbocycles. The fraction of sp³-hybridized carbons (Fsp3) is 0.591. The topological polar surface area (TPSA) is 64.4 Å². The van der Waals surface area contributed by atoms with Crippen LogP contribution in [0.2, 0.25) is 0 Å². The second kappa shape index (κ2) is 10.4. The Kier molecular flexibility index (Phi) is 8.18. The van der Waals surface area contributed by atoms with Crippen LogP contribution in [0.3, 0.4) is 0 Å². The van der Waals surface area contributed by atoms with Crippen LogP contribution in [-0.2, 0) is 16.1 Å². The molecule has 6 heteroatoms. The van der Waals surface area contributed by atoms with Crippen LogP contribution in [0.25, 0.3) is 10.9 Å². The van der Waals surface area contributed by atoms with Crippen molar-refractivity contribution in [2.24, 2.45) is 5.92 Å². The normalized spacial score (nSPS) is 12.5. The van der Waals surface area contributed by atoms with Crippen LogP contribution in [0.1, 0.15) is 58.8 Å². The third-order valence-electron chi connectivity index (χ3n) is 5.04. The summed E-state index contributed by atoms with van der Waals surface area (Å²) in [6, 6.07) is 7.14. The van der Waals surface area contributed by atoms with E-state index in [1.165, 1.54) is 0 Å². The largest absolute Gasteiger partial charge is 0.383 e. The summed E-state index contributed by atoms with van der Waals surface area (Å²) < 4.78 is 6.91. The van der Waals surface area contributed by atoms with Crippen LogP contribution in [0.5, 0.6) is 0 Å². The Morgan fingerprint density at radius 3 is 2.57 bits per heavy atom. The van der Waals surface area contributed by atoms with E-state index < -0.39 is 0 Å². The molecule has 0 bridgehead atoms. The molecular formula is C22H33N3O3. The predicted molar refractivity (Wildman–Crippen MR) is 112 cm³/mol. The van der Waals surface area contributed by atoms with Gasteiger partial charge < -0.3 is 9.64 Å². The Bertz CT molecular complexity index is 845. The molecule has 1 amide bonds. The van der Waals surface area contributed by atoms with Gasteiger partial charge in [0, 0.05) is 20.1 Å². The molecular weight excluding hydrogens is 354 g/mol. The number of para-hydroxylation sites is 1. The van der Waals surface area contributed by atoms with E-state index in [0.29, 0.717) is 55.2 Å². The third-order valence-corrected chi connectivity index (χ3v) is 5.04. The van der Waals surface area contributed by atoms with Gasteiger partial charge in [-0.2, -0.15) is 0 Å². The standard InChI is InChI=1S/C22H33N3O3/c1-6-19(24(20(26)7-2)13-12-16(3)4)21-23-18-11-9-8-10-17(18)22(27)25(21)14-15-28-5/h8-11,16,19H,6-7,12-15H2,1-5H3. The Hall–Kier alpha value is -2.21. The molecule has 1 heterocycles. The Labute approximate surface area is 167 Å². The fourth-order valence-corrected chi connectivity index (χ4v) is 3.44. The number of aromatic nitrogens is 2. The number of methoxy groups -OCH3 is 1. The minimum Gasteiger partial charge on any atom is -0.383 e. The molecule has 154 valence electrons. The lowest BCUT2D eigenvalue weighted by Crippen LogP contribution is -2.39. The predicted octanol–water partition coefficient (Wildman–Crippen LogP) is 3.78. The lowest BCUT2D eigenvalue weighted by atomic mass is 10.1. The molecule has 0 saturated heterocycles. The zero-order chi connectivity index (χ0) is 20.7. The summed E-state index contributed by atoms with van der Waals surface area (Å²) in [7, 11) is 1.62. The van der Waals surface area contributed by atoms with Crippen molar-refractivity contribution in [1.29, 1.82) is 0 Å². The molecule has 2 aromatic rings. The average Bonchev–Trinajstić information content (AvgIpc) is 2.69. The van der Waals surface area contributed by atoms with Crippen LogP contribution in [-0.4, -0.2) is 40.6 Å². The first kappa shape index (κ1) is 22.1. The molecule has 0 saturated carbocycles. The zero-order valence-electron chi connectivity index (χ0n) is 17.8. The van der Waals surface area contributed by atoms with E-state index in [-0.39, 0.29) is 17.5 Å². The molecule has 1 atom stereocenters. The number of fused-ring (bicyclic) bond motifs is 1. The minimum atomic E-state index is -0.236. The molecule has 1 unspecified atom stereocenters. The van der Waals surface area contributed by atoms with Gasteiger partial charge in [0.2, 0.25) is 5.91 Å². The van der Waals surface area contributed by atoms with E-state index in [0.717, 1.165) is 6.42 Å². The van der Waals surface area contributed by atoms with Crippen molar-refractivity contribution in [2.45, 2.75) is 59.5 Å². The first-order chi connectivity index (χ1) is 13.4. The molecule has 1 aromatic heterocycles. The van der Waals surface area contributed by atoms with Gasteiger partial charge >= 0.3 is 0 Å². The van der Waals surface area contributed by atoms with E-state index >= 15 is 0 Å². The van der Waals surface area contributed by atoms with Gasteiger partial charge in [-0.1, -0.05) is 39.8 Å². The Morgan fingerprint density at radius 2 is 1.96 bits per heavy atom. The average molecular weight is 388 g/mol. The summed E-state index contributed by atoms with van der Waals surface area (Å²) in [5, 5.41) is 0.591. The summed E-state index contributed by atoms with van der Waals surface area (Å²) in [5.41, 5.74) is 0.589. The van der Waals surface area contributed by atoms with Crippen molar-refractivity contribution in [2.75, 3.05) is 20.3 Å². The number of ether oxygens (including phenoxy) is 1. The second-order valence-corrected chi connectivity index (χ2v) is 7.48. The van der Waals surface area contributed by atoms with Crippen molar-refractivity contribution in [3.63, 3.8) is 0 Å². The second-order valence-electron chi connectivity index (χ2n) is 7.48. The first-order valence-corrected chi connectivity index (χ1v) is 10.2. The maximum Gasteiger partial charge on any atom is 0.261 e. The van der Waals surface area contributed by atoms with Gasteiger partial charge in [0.15, 0.2) is 0 Å². The summed E-state index contributed by atoms with van der Waals surface area (Å²) in [6.45, 7) is 9.71. The zero-order valence-corrected chi connectivity index (χ0v) is 17.8. The van der Waals surface area contributed by atoms with Gasteiger partial charge in [-0.15, -0.1) is 0 Å². The minimum absolute atomic E-state index is 0.0798. The molecule has 0 aliphatic rings. The third kappa shape index (κ3) is 4.98. The van der Waals surface area contributed by atoms with E-state index in [9.17, 15) is 9.59 Å². The number of nitrogens with zero attached hydrogens (tertiary/aromatic N) is 3. The molecule has 0 N–H and O–H groups in total. The van der Waals surface area contributed by atoms with Gasteiger partial charge in [0.05, 0.1) is 30.1 Å². The summed E-state index contributed by atoms with van der Waals surface area (Å²) in [4.78, 5) is 32.7. The smallest absolute Gasteiger partial charge is 0.261 e. The van der Waals surface area contributed by atoms with Gasteiger partial charge in [0.1, 0.15) is 5.82 Å². The van der Waals surface area contributed by atoms with Crippen LogP contribution in [0.4, 0.5) is 0 Å². The summed E-state index contributed by atoms with van der Waals surface area (Å²) in [5.74, 6) is 1.23. The van der Waals surface area contributed by atoms with Crippen LogP contribution >= 0.6 is 0 Å². The molecule has 0 radical (unpaired) electrons. The summed E-state index contributed by atoms with van der Waals surface area (Å²) >= 11 is 0. The highest BCUT2D eigenvalue weighted by molar-refractivity contribution is 5.78. The monoisotopic (exact) mass is 387 g/mol. The van der Waals surface area contributed by atoms with Crippen LogP contribution in [0.15, 0.2) is 29.1 Å². The van der Waals surface area contributed by atoms with Gasteiger partial charge in [0.25, 0.3) is 5.56 Å². The molecule has 0 aliphatic carbocycles. The molecule has 6 nitrogen and oxygen atoms in total. The molecule has 2 rings (SSSR count). The van der Waals surface area contributed by atoms with E-state index in [1.54, 1.807) is 17.7 Å². The van der Waals surface area contributed by atoms with Crippen molar-refractivity contribution >= 4 is 16.8 Å². The van der Waals surface area contributed by atoms with Gasteiger partial charge in [-0.3, -0.25) is 14.2 Å². The van der Waals surface area contributed by atoms with E-state index in [4.69, 9.17) is 9.72 Å². The van der Waals surface area contributed by atoms with Crippen molar-refractivity contribution in [1.82, 2.24) is 14.5 Å². The van der Waals surface area contributed by atoms with Crippen LogP contribution < -0.4 is 5.56 Å². The number of rotatable bonds is 10. The number of amides is 1. The lowest BCUT2D eigenvalue weighted by Gasteiger charge is -2.32. The quantitative estimate of drug-likeness (QED) is 0.622. The highest BCUT2D eigenvalue weighted by Crippen LogP contribution is 2.25. The molecule has 0 fully saturated rings. The lowest BCUT2D eigenvalue weighted by molar-refractivity contribution is -0.134. The van der Waals surface area contributed by atoms with Gasteiger partial charge in [-0.25, -0.2) is 4.98 Å².